The van der Waals surface area contributed by atoms with Crippen LogP contribution in [-0.4, -0.2) is 43.7 Å². The van der Waals surface area contributed by atoms with E-state index in [2.05, 4.69) is 15.5 Å². The maximum atomic E-state index is 12.4. The van der Waals surface area contributed by atoms with Crippen LogP contribution in [0.4, 0.5) is 13.2 Å². The quantitative estimate of drug-likeness (QED) is 0.357. The van der Waals surface area contributed by atoms with Crippen LogP contribution in [0.5, 0.6) is 0 Å². The van der Waals surface area contributed by atoms with E-state index in [1.807, 2.05) is 0 Å². The van der Waals surface area contributed by atoms with Gasteiger partial charge in [0.2, 0.25) is 0 Å². The number of alkyl halides is 3. The molecular weight excluding hydrogens is 249 g/mol. The molecule has 2 atom stereocenters. The first-order valence-electron chi connectivity index (χ1n) is 6.31. The third-order valence-electron chi connectivity index (χ3n) is 3.19. The minimum Gasteiger partial charge on any atom is -0.317 e. The maximum Gasteiger partial charge on any atom is 0.393 e. The Balaban J connectivity index is 1.98. The fraction of sp³-hybridized carbons (Fsp3) is 1.00. The standard InChI is InChI=1S/C11H21F3N2O2/c12-11(13,14)9-7-10(16-8-9)3-5-15-4-1-2-6-18-17/h9-10,15-17H,1-8H2. The van der Waals surface area contributed by atoms with Crippen LogP contribution in [-0.2, 0) is 4.89 Å². The van der Waals surface area contributed by atoms with Crippen LogP contribution in [0.25, 0.3) is 0 Å². The van der Waals surface area contributed by atoms with Crippen molar-refractivity contribution in [2.45, 2.75) is 37.9 Å². The van der Waals surface area contributed by atoms with Crippen molar-refractivity contribution in [3.05, 3.63) is 0 Å². The van der Waals surface area contributed by atoms with Gasteiger partial charge in [0, 0.05) is 12.6 Å². The zero-order valence-corrected chi connectivity index (χ0v) is 10.3. The summed E-state index contributed by atoms with van der Waals surface area (Å²) in [6.07, 6.45) is -1.53. The SMILES string of the molecule is OOCCCCNCCC1CC(C(F)(F)F)CN1. The van der Waals surface area contributed by atoms with E-state index in [1.54, 1.807) is 0 Å². The lowest BCUT2D eigenvalue weighted by molar-refractivity contribution is -0.242. The molecule has 18 heavy (non-hydrogen) atoms. The van der Waals surface area contributed by atoms with E-state index in [0.29, 0.717) is 19.6 Å². The summed E-state index contributed by atoms with van der Waals surface area (Å²) in [7, 11) is 0. The summed E-state index contributed by atoms with van der Waals surface area (Å²) in [5.74, 6) is -1.19. The van der Waals surface area contributed by atoms with Crippen molar-refractivity contribution < 1.29 is 23.3 Å². The van der Waals surface area contributed by atoms with Crippen molar-refractivity contribution in [2.24, 2.45) is 5.92 Å². The van der Waals surface area contributed by atoms with E-state index in [9.17, 15) is 13.2 Å². The van der Waals surface area contributed by atoms with E-state index in [4.69, 9.17) is 5.26 Å². The second-order valence-corrected chi connectivity index (χ2v) is 4.66. The molecule has 0 aromatic carbocycles. The second kappa shape index (κ2) is 7.93. The molecule has 7 heteroatoms. The van der Waals surface area contributed by atoms with Crippen molar-refractivity contribution in [1.29, 1.82) is 0 Å². The van der Waals surface area contributed by atoms with Crippen molar-refractivity contribution >= 4 is 0 Å². The molecule has 0 bridgehead atoms. The first-order chi connectivity index (χ1) is 8.54. The fourth-order valence-electron chi connectivity index (χ4n) is 2.11. The van der Waals surface area contributed by atoms with Gasteiger partial charge in [0.15, 0.2) is 0 Å². The summed E-state index contributed by atoms with van der Waals surface area (Å²) in [6.45, 7) is 1.86. The molecule has 1 fully saturated rings. The second-order valence-electron chi connectivity index (χ2n) is 4.66. The third-order valence-corrected chi connectivity index (χ3v) is 3.19. The Hall–Kier alpha value is -0.370. The van der Waals surface area contributed by atoms with Crippen LogP contribution in [0.3, 0.4) is 0 Å². The molecule has 0 aromatic heterocycles. The molecular formula is C11H21F3N2O2. The maximum absolute atomic E-state index is 12.4. The minimum atomic E-state index is -4.07. The van der Waals surface area contributed by atoms with Gasteiger partial charge in [-0.25, -0.2) is 4.89 Å². The van der Waals surface area contributed by atoms with Gasteiger partial charge in [0.25, 0.3) is 0 Å². The highest BCUT2D eigenvalue weighted by molar-refractivity contribution is 4.85. The molecule has 2 unspecified atom stereocenters. The highest BCUT2D eigenvalue weighted by Crippen LogP contribution is 2.32. The number of unbranched alkanes of at least 4 members (excludes halogenated alkanes) is 1. The summed E-state index contributed by atoms with van der Waals surface area (Å²) in [6, 6.07) is -0.0371. The molecule has 0 aliphatic carbocycles. The molecule has 1 rings (SSSR count). The molecule has 3 N–H and O–H groups in total. The molecule has 0 amide bonds. The van der Waals surface area contributed by atoms with Crippen molar-refractivity contribution in [2.75, 3.05) is 26.2 Å². The van der Waals surface area contributed by atoms with Gasteiger partial charge in [-0.05, 0) is 38.8 Å². The average Bonchev–Trinajstić information content (AvgIpc) is 2.76. The van der Waals surface area contributed by atoms with E-state index < -0.39 is 12.1 Å². The first-order valence-corrected chi connectivity index (χ1v) is 6.31. The van der Waals surface area contributed by atoms with Crippen molar-refractivity contribution in [3.63, 3.8) is 0 Å². The molecule has 0 spiro atoms. The topological polar surface area (TPSA) is 53.5 Å². The number of halogens is 3. The molecule has 1 saturated heterocycles. The largest absolute Gasteiger partial charge is 0.393 e. The molecule has 1 aliphatic heterocycles. The summed E-state index contributed by atoms with van der Waals surface area (Å²) in [5, 5.41) is 14.2. The van der Waals surface area contributed by atoms with E-state index in [-0.39, 0.29) is 19.0 Å². The smallest absolute Gasteiger partial charge is 0.317 e. The fourth-order valence-corrected chi connectivity index (χ4v) is 2.11. The molecule has 1 heterocycles. The molecule has 0 saturated carbocycles. The van der Waals surface area contributed by atoms with Crippen molar-refractivity contribution in [3.8, 4) is 0 Å². The number of nitrogens with one attached hydrogen (secondary N) is 2. The highest BCUT2D eigenvalue weighted by atomic mass is 19.4. The van der Waals surface area contributed by atoms with Crippen LogP contribution in [0.2, 0.25) is 0 Å². The van der Waals surface area contributed by atoms with Gasteiger partial charge in [-0.3, -0.25) is 5.26 Å². The van der Waals surface area contributed by atoms with E-state index in [0.717, 1.165) is 19.4 Å². The lowest BCUT2D eigenvalue weighted by Gasteiger charge is -2.13. The molecule has 108 valence electrons. The average molecular weight is 270 g/mol. The lowest BCUT2D eigenvalue weighted by atomic mass is 10.0. The molecule has 0 aromatic rings. The highest BCUT2D eigenvalue weighted by Gasteiger charge is 2.43. The van der Waals surface area contributed by atoms with Crippen LogP contribution >= 0.6 is 0 Å². The molecule has 4 nitrogen and oxygen atoms in total. The van der Waals surface area contributed by atoms with Gasteiger partial charge in [-0.15, -0.1) is 0 Å². The van der Waals surface area contributed by atoms with E-state index in [1.165, 1.54) is 0 Å². The van der Waals surface area contributed by atoms with Crippen LogP contribution in [0.1, 0.15) is 25.7 Å². The Kier molecular flexibility index (Phi) is 6.91. The van der Waals surface area contributed by atoms with E-state index >= 15 is 0 Å². The normalized spacial score (nSPS) is 24.7. The summed E-state index contributed by atoms with van der Waals surface area (Å²) < 4.78 is 37.2. The molecule has 1 aliphatic rings. The number of hydrogen-bond acceptors (Lipinski definition) is 4. The van der Waals surface area contributed by atoms with Crippen LogP contribution < -0.4 is 10.6 Å². The Morgan fingerprint density at radius 3 is 2.67 bits per heavy atom. The van der Waals surface area contributed by atoms with Gasteiger partial charge in [-0.2, -0.15) is 13.2 Å². The van der Waals surface area contributed by atoms with Gasteiger partial charge in [-0.1, -0.05) is 0 Å². The zero-order chi connectivity index (χ0) is 13.4. The Morgan fingerprint density at radius 2 is 2.06 bits per heavy atom. The van der Waals surface area contributed by atoms with Crippen LogP contribution in [0, 0.1) is 5.92 Å². The predicted molar refractivity (Wildman–Crippen MR) is 61.3 cm³/mol. The lowest BCUT2D eigenvalue weighted by Crippen LogP contribution is -2.27. The Bertz CT molecular complexity index is 227. The third kappa shape index (κ3) is 5.99. The predicted octanol–water partition coefficient (Wildman–Crippen LogP) is 1.78. The summed E-state index contributed by atoms with van der Waals surface area (Å²) in [5.41, 5.74) is 0. The van der Waals surface area contributed by atoms with Crippen LogP contribution in [0.15, 0.2) is 0 Å². The number of rotatable bonds is 8. The van der Waals surface area contributed by atoms with Gasteiger partial charge >= 0.3 is 6.18 Å². The van der Waals surface area contributed by atoms with Gasteiger partial charge < -0.3 is 10.6 Å². The Labute approximate surface area is 105 Å². The Morgan fingerprint density at radius 1 is 1.28 bits per heavy atom. The van der Waals surface area contributed by atoms with Gasteiger partial charge in [0.1, 0.15) is 0 Å². The zero-order valence-electron chi connectivity index (χ0n) is 10.3. The summed E-state index contributed by atoms with van der Waals surface area (Å²) >= 11 is 0. The monoisotopic (exact) mass is 270 g/mol. The van der Waals surface area contributed by atoms with Gasteiger partial charge in [0.05, 0.1) is 12.5 Å². The minimum absolute atomic E-state index is 0.0371. The number of hydrogen-bond donors (Lipinski definition) is 3. The van der Waals surface area contributed by atoms with Crippen molar-refractivity contribution in [1.82, 2.24) is 10.6 Å². The first kappa shape index (κ1) is 15.7. The molecule has 0 radical (unpaired) electrons. The summed E-state index contributed by atoms with van der Waals surface area (Å²) in [4.78, 5) is 3.93.